The topological polar surface area (TPSA) is 53.5 Å². The van der Waals surface area contributed by atoms with Crippen LogP contribution < -0.4 is 4.74 Å². The van der Waals surface area contributed by atoms with Crippen LogP contribution in [0.1, 0.15) is 25.3 Å². The van der Waals surface area contributed by atoms with Crippen LogP contribution in [0.4, 0.5) is 8.78 Å². The van der Waals surface area contributed by atoms with Gasteiger partial charge in [0.25, 0.3) is 0 Å². The van der Waals surface area contributed by atoms with E-state index in [1.807, 2.05) is 0 Å². The largest absolute Gasteiger partial charge is 0.435 e. The SMILES string of the molecule is CCCC1COC(C#Cc2cnc(-c3ccc(OC(F)F)cc3)nc2)OC1. The number of nitrogens with zero attached hydrogens (tertiary/aromatic N) is 2. The normalized spacial score (nSPS) is 19.4. The smallest absolute Gasteiger partial charge is 0.387 e. The molecule has 1 aromatic heterocycles. The minimum Gasteiger partial charge on any atom is -0.435 e. The monoisotopic (exact) mass is 374 g/mol. The molecule has 2 aromatic rings. The molecule has 0 unspecified atom stereocenters. The Labute approximate surface area is 156 Å². The summed E-state index contributed by atoms with van der Waals surface area (Å²) >= 11 is 0. The second-order valence-electron chi connectivity index (χ2n) is 6.12. The molecule has 27 heavy (non-hydrogen) atoms. The van der Waals surface area contributed by atoms with Crippen LogP contribution >= 0.6 is 0 Å². The van der Waals surface area contributed by atoms with Crippen molar-refractivity contribution in [2.45, 2.75) is 32.7 Å². The molecule has 7 heteroatoms. The van der Waals surface area contributed by atoms with Crippen LogP contribution in [0.5, 0.6) is 5.75 Å². The number of benzene rings is 1. The van der Waals surface area contributed by atoms with Crippen molar-refractivity contribution < 1.29 is 23.0 Å². The summed E-state index contributed by atoms with van der Waals surface area (Å²) in [6.07, 6.45) is 4.87. The second-order valence-corrected chi connectivity index (χ2v) is 6.12. The van der Waals surface area contributed by atoms with Gasteiger partial charge < -0.3 is 14.2 Å². The Hall–Kier alpha value is -2.56. The molecule has 142 valence electrons. The summed E-state index contributed by atoms with van der Waals surface area (Å²) in [4.78, 5) is 8.51. The first-order chi connectivity index (χ1) is 13.1. The molecule has 0 amide bonds. The zero-order valence-electron chi connectivity index (χ0n) is 14.9. The molecular weight excluding hydrogens is 354 g/mol. The van der Waals surface area contributed by atoms with Crippen LogP contribution in [0, 0.1) is 17.8 Å². The molecule has 0 N–H and O–H groups in total. The quantitative estimate of drug-likeness (QED) is 0.744. The Morgan fingerprint density at radius 2 is 1.81 bits per heavy atom. The average Bonchev–Trinajstić information content (AvgIpc) is 2.68. The molecule has 0 aliphatic carbocycles. The lowest BCUT2D eigenvalue weighted by Gasteiger charge is -2.26. The summed E-state index contributed by atoms with van der Waals surface area (Å²) in [5.74, 6) is 6.86. The van der Waals surface area contributed by atoms with Crippen molar-refractivity contribution in [2.75, 3.05) is 13.2 Å². The molecule has 1 aromatic carbocycles. The second kappa shape index (κ2) is 9.40. The van der Waals surface area contributed by atoms with Crippen LogP contribution in [-0.4, -0.2) is 36.1 Å². The minimum absolute atomic E-state index is 0.0879. The first-order valence-electron chi connectivity index (χ1n) is 8.76. The van der Waals surface area contributed by atoms with E-state index in [4.69, 9.17) is 9.47 Å². The summed E-state index contributed by atoms with van der Waals surface area (Å²) in [6.45, 7) is 0.614. The Bertz CT molecular complexity index is 778. The summed E-state index contributed by atoms with van der Waals surface area (Å²) in [5.41, 5.74) is 1.33. The van der Waals surface area contributed by atoms with Crippen LogP contribution in [0.2, 0.25) is 0 Å². The van der Waals surface area contributed by atoms with Crippen molar-refractivity contribution in [3.05, 3.63) is 42.2 Å². The van der Waals surface area contributed by atoms with Crippen molar-refractivity contribution in [3.8, 4) is 29.0 Å². The maximum atomic E-state index is 12.2. The van der Waals surface area contributed by atoms with Gasteiger partial charge in [0.1, 0.15) is 5.75 Å². The van der Waals surface area contributed by atoms with E-state index < -0.39 is 12.9 Å². The maximum absolute atomic E-state index is 12.2. The lowest BCUT2D eigenvalue weighted by molar-refractivity contribution is -0.170. The Morgan fingerprint density at radius 3 is 2.41 bits per heavy atom. The van der Waals surface area contributed by atoms with Crippen LogP contribution in [-0.2, 0) is 9.47 Å². The lowest BCUT2D eigenvalue weighted by Crippen LogP contribution is -2.31. The molecule has 0 bridgehead atoms. The van der Waals surface area contributed by atoms with E-state index in [9.17, 15) is 8.78 Å². The molecule has 1 aliphatic heterocycles. The van der Waals surface area contributed by atoms with Gasteiger partial charge in [-0.25, -0.2) is 9.97 Å². The average molecular weight is 374 g/mol. The summed E-state index contributed by atoms with van der Waals surface area (Å²) in [6, 6.07) is 6.13. The summed E-state index contributed by atoms with van der Waals surface area (Å²) in [7, 11) is 0. The Kier molecular flexibility index (Phi) is 6.69. The highest BCUT2D eigenvalue weighted by atomic mass is 19.3. The van der Waals surface area contributed by atoms with Crippen LogP contribution in [0.15, 0.2) is 36.7 Å². The minimum atomic E-state index is -2.85. The third kappa shape index (κ3) is 5.71. The molecule has 1 saturated heterocycles. The van der Waals surface area contributed by atoms with E-state index in [1.54, 1.807) is 24.5 Å². The molecule has 1 aliphatic rings. The van der Waals surface area contributed by atoms with Gasteiger partial charge in [0.05, 0.1) is 18.8 Å². The Morgan fingerprint density at radius 1 is 1.15 bits per heavy atom. The van der Waals surface area contributed by atoms with Gasteiger partial charge in [0.15, 0.2) is 5.82 Å². The maximum Gasteiger partial charge on any atom is 0.387 e. The van der Waals surface area contributed by atoms with Gasteiger partial charge in [0.2, 0.25) is 6.29 Å². The molecule has 0 saturated carbocycles. The number of halogens is 2. The number of hydrogen-bond acceptors (Lipinski definition) is 5. The molecule has 3 rings (SSSR count). The summed E-state index contributed by atoms with van der Waals surface area (Å²) in [5, 5.41) is 0. The molecule has 0 radical (unpaired) electrons. The van der Waals surface area contributed by atoms with E-state index >= 15 is 0 Å². The first kappa shape index (κ1) is 19.2. The zero-order chi connectivity index (χ0) is 19.1. The molecule has 2 heterocycles. The zero-order valence-corrected chi connectivity index (χ0v) is 14.9. The highest BCUT2D eigenvalue weighted by Crippen LogP contribution is 2.20. The van der Waals surface area contributed by atoms with Gasteiger partial charge in [-0.2, -0.15) is 8.78 Å². The molecular formula is C20H20F2N2O3. The molecule has 1 fully saturated rings. The van der Waals surface area contributed by atoms with Gasteiger partial charge in [-0.1, -0.05) is 19.3 Å². The first-order valence-corrected chi connectivity index (χ1v) is 8.76. The Balaban J connectivity index is 1.58. The standard InChI is InChI=1S/C20H20F2N2O3/c1-2-3-15-12-25-18(26-13-15)9-4-14-10-23-19(24-11-14)16-5-7-17(8-6-16)27-20(21)22/h5-8,10-11,15,18,20H,2-3,12-13H2,1H3. The van der Waals surface area contributed by atoms with Gasteiger partial charge in [-0.05, 0) is 36.6 Å². The van der Waals surface area contributed by atoms with Gasteiger partial charge >= 0.3 is 6.61 Å². The number of ether oxygens (including phenoxy) is 3. The fraction of sp³-hybridized carbons (Fsp3) is 0.400. The van der Waals surface area contributed by atoms with Crippen molar-refractivity contribution in [1.82, 2.24) is 9.97 Å². The number of alkyl halides is 2. The van der Waals surface area contributed by atoms with Gasteiger partial charge in [0, 0.05) is 23.9 Å². The number of hydrogen-bond donors (Lipinski definition) is 0. The highest BCUT2D eigenvalue weighted by molar-refractivity contribution is 5.56. The van der Waals surface area contributed by atoms with Crippen molar-refractivity contribution in [1.29, 1.82) is 0 Å². The number of rotatable bonds is 5. The third-order valence-electron chi connectivity index (χ3n) is 3.99. The van der Waals surface area contributed by atoms with E-state index in [0.29, 0.717) is 36.1 Å². The fourth-order valence-electron chi connectivity index (χ4n) is 2.67. The van der Waals surface area contributed by atoms with Gasteiger partial charge in [-0.15, -0.1) is 0 Å². The van der Waals surface area contributed by atoms with Crippen molar-refractivity contribution in [2.24, 2.45) is 5.92 Å². The van der Waals surface area contributed by atoms with Crippen LogP contribution in [0.3, 0.4) is 0 Å². The molecule has 0 atom stereocenters. The molecule has 5 nitrogen and oxygen atoms in total. The highest BCUT2D eigenvalue weighted by Gasteiger charge is 2.19. The number of aromatic nitrogens is 2. The van der Waals surface area contributed by atoms with Crippen molar-refractivity contribution in [3.63, 3.8) is 0 Å². The van der Waals surface area contributed by atoms with E-state index in [1.165, 1.54) is 12.1 Å². The lowest BCUT2D eigenvalue weighted by atomic mass is 10.1. The third-order valence-corrected chi connectivity index (χ3v) is 3.99. The molecule has 0 spiro atoms. The predicted octanol–water partition coefficient (Wildman–Crippen LogP) is 3.89. The van der Waals surface area contributed by atoms with Gasteiger partial charge in [-0.3, -0.25) is 0 Å². The summed E-state index contributed by atoms with van der Waals surface area (Å²) < 4.78 is 39.8. The van der Waals surface area contributed by atoms with E-state index in [2.05, 4.69) is 33.5 Å². The van der Waals surface area contributed by atoms with Crippen LogP contribution in [0.25, 0.3) is 11.4 Å². The van der Waals surface area contributed by atoms with Crippen molar-refractivity contribution >= 4 is 0 Å². The van der Waals surface area contributed by atoms with E-state index in [0.717, 1.165) is 12.8 Å². The predicted molar refractivity (Wildman–Crippen MR) is 95.1 cm³/mol. The fourth-order valence-corrected chi connectivity index (χ4v) is 2.67. The van der Waals surface area contributed by atoms with E-state index in [-0.39, 0.29) is 5.75 Å².